The molecule has 0 bridgehead atoms. The maximum Gasteiger partial charge on any atom is 0.242 e. The van der Waals surface area contributed by atoms with Gasteiger partial charge in [0.1, 0.15) is 18.0 Å². The summed E-state index contributed by atoms with van der Waals surface area (Å²) in [5, 5.41) is 6.71. The van der Waals surface area contributed by atoms with Gasteiger partial charge < -0.3 is 25.2 Å². The average Bonchev–Trinajstić information content (AvgIpc) is 2.76. The molecule has 1 saturated heterocycles. The maximum absolute atomic E-state index is 12.8. The van der Waals surface area contributed by atoms with Crippen LogP contribution in [0.2, 0.25) is 0 Å². The van der Waals surface area contributed by atoms with Gasteiger partial charge in [0.15, 0.2) is 0 Å². The van der Waals surface area contributed by atoms with Crippen molar-refractivity contribution in [3.63, 3.8) is 0 Å². The predicted molar refractivity (Wildman–Crippen MR) is 96.7 cm³/mol. The van der Waals surface area contributed by atoms with Crippen LogP contribution in [-0.2, 0) is 16.1 Å². The Labute approximate surface area is 148 Å². The van der Waals surface area contributed by atoms with E-state index in [-0.39, 0.29) is 11.9 Å². The summed E-state index contributed by atoms with van der Waals surface area (Å²) in [6.45, 7) is 6.82. The summed E-state index contributed by atoms with van der Waals surface area (Å²) in [6.07, 6.45) is 3.54. The Morgan fingerprint density at radius 1 is 1.32 bits per heavy atom. The van der Waals surface area contributed by atoms with Gasteiger partial charge >= 0.3 is 0 Å². The zero-order valence-corrected chi connectivity index (χ0v) is 15.1. The van der Waals surface area contributed by atoms with E-state index in [9.17, 15) is 4.79 Å². The molecule has 0 aliphatic carbocycles. The number of carbonyl (C=O) groups is 1. The second-order valence-electron chi connectivity index (χ2n) is 6.51. The van der Waals surface area contributed by atoms with Gasteiger partial charge in [0, 0.05) is 26.2 Å². The van der Waals surface area contributed by atoms with Crippen molar-refractivity contribution in [1.29, 1.82) is 0 Å². The van der Waals surface area contributed by atoms with E-state index in [0.717, 1.165) is 43.1 Å². The van der Waals surface area contributed by atoms with Crippen LogP contribution in [0.4, 0.5) is 11.6 Å². The lowest BCUT2D eigenvalue weighted by Gasteiger charge is -2.34. The smallest absolute Gasteiger partial charge is 0.242 e. The number of likely N-dealkylation sites (N-methyl/N-ethyl adjacent to an activating group) is 1. The van der Waals surface area contributed by atoms with Crippen molar-refractivity contribution in [3.8, 4) is 0 Å². The minimum Gasteiger partial charge on any atom is -0.380 e. The average molecular weight is 348 g/mol. The largest absolute Gasteiger partial charge is 0.380 e. The summed E-state index contributed by atoms with van der Waals surface area (Å²) in [7, 11) is 1.92. The molecule has 0 spiro atoms. The molecule has 1 amide bonds. The van der Waals surface area contributed by atoms with Crippen LogP contribution < -0.4 is 15.5 Å². The second kappa shape index (κ2) is 8.44. The summed E-state index contributed by atoms with van der Waals surface area (Å²) in [6, 6.07) is 0.282. The lowest BCUT2D eigenvalue weighted by Crippen LogP contribution is -2.47. The van der Waals surface area contributed by atoms with Gasteiger partial charge in [-0.05, 0) is 32.9 Å². The highest BCUT2D eigenvalue weighted by Gasteiger charge is 2.32. The lowest BCUT2D eigenvalue weighted by molar-refractivity contribution is -0.133. The van der Waals surface area contributed by atoms with Crippen molar-refractivity contribution in [2.24, 2.45) is 0 Å². The topological polar surface area (TPSA) is 82.6 Å². The summed E-state index contributed by atoms with van der Waals surface area (Å²) in [5.41, 5.74) is 0.992. The maximum atomic E-state index is 12.8. The molecule has 1 aromatic rings. The highest BCUT2D eigenvalue weighted by atomic mass is 16.5. The molecule has 1 fully saturated rings. The zero-order chi connectivity index (χ0) is 17.6. The number of nitrogens with one attached hydrogen (secondary N) is 2. The number of nitrogens with zero attached hydrogens (tertiary/aromatic N) is 4. The molecule has 8 heteroatoms. The third kappa shape index (κ3) is 4.19. The number of anilines is 2. The van der Waals surface area contributed by atoms with E-state index in [0.29, 0.717) is 32.8 Å². The molecule has 138 valence electrons. The molecular formula is C17H28N6O2. The van der Waals surface area contributed by atoms with Crippen LogP contribution >= 0.6 is 0 Å². The van der Waals surface area contributed by atoms with E-state index in [1.54, 1.807) is 6.33 Å². The third-order valence-corrected chi connectivity index (χ3v) is 4.80. The van der Waals surface area contributed by atoms with Gasteiger partial charge in [-0.2, -0.15) is 0 Å². The molecule has 0 aromatic carbocycles. The van der Waals surface area contributed by atoms with Gasteiger partial charge in [-0.1, -0.05) is 0 Å². The molecule has 0 saturated carbocycles. The first-order valence-electron chi connectivity index (χ1n) is 9.07. The van der Waals surface area contributed by atoms with Crippen LogP contribution in [0.3, 0.4) is 0 Å². The van der Waals surface area contributed by atoms with E-state index in [4.69, 9.17) is 4.74 Å². The first-order chi connectivity index (χ1) is 12.2. The number of hydrogen-bond acceptors (Lipinski definition) is 7. The number of piperidine rings is 1. The highest BCUT2D eigenvalue weighted by Crippen LogP contribution is 2.29. The van der Waals surface area contributed by atoms with Crippen LogP contribution in [0.1, 0.15) is 25.3 Å². The number of carbonyl (C=O) groups excluding carboxylic acids is 1. The molecule has 0 radical (unpaired) electrons. The monoisotopic (exact) mass is 348 g/mol. The van der Waals surface area contributed by atoms with Crippen molar-refractivity contribution in [2.45, 2.75) is 32.4 Å². The van der Waals surface area contributed by atoms with Gasteiger partial charge in [0.25, 0.3) is 0 Å². The standard InChI is InChI=1S/C17H28N6O2/c1-3-25-9-8-19-16-14-10-23(13-4-6-18-7-5-13)15(24)11-22(2)17(14)21-12-20-16/h12-13,18H,3-11H2,1-2H3,(H,19,20,21). The Kier molecular flexibility index (Phi) is 6.04. The van der Waals surface area contributed by atoms with E-state index in [1.165, 1.54) is 0 Å². The summed E-state index contributed by atoms with van der Waals surface area (Å²) < 4.78 is 5.39. The molecule has 25 heavy (non-hydrogen) atoms. The molecule has 0 unspecified atom stereocenters. The number of fused-ring (bicyclic) bond motifs is 1. The minimum atomic E-state index is 0.160. The number of ether oxygens (including phenoxy) is 1. The fourth-order valence-corrected chi connectivity index (χ4v) is 3.49. The van der Waals surface area contributed by atoms with E-state index >= 15 is 0 Å². The first kappa shape index (κ1) is 17.9. The molecule has 2 N–H and O–H groups in total. The van der Waals surface area contributed by atoms with E-state index in [2.05, 4.69) is 20.6 Å². The highest BCUT2D eigenvalue weighted by molar-refractivity contribution is 5.83. The molecular weight excluding hydrogens is 320 g/mol. The van der Waals surface area contributed by atoms with Gasteiger partial charge in [-0.25, -0.2) is 9.97 Å². The Balaban J connectivity index is 1.82. The SMILES string of the molecule is CCOCCNc1ncnc2c1CN(C1CCNCC1)C(=O)CN2C. The number of hydrogen-bond donors (Lipinski definition) is 2. The summed E-state index contributed by atoms with van der Waals surface area (Å²) >= 11 is 0. The van der Waals surface area contributed by atoms with Crippen LogP contribution in [0.15, 0.2) is 6.33 Å². The molecule has 3 heterocycles. The zero-order valence-electron chi connectivity index (χ0n) is 15.1. The van der Waals surface area contributed by atoms with Crippen LogP contribution in [0.5, 0.6) is 0 Å². The van der Waals surface area contributed by atoms with Crippen LogP contribution in [0.25, 0.3) is 0 Å². The molecule has 1 aromatic heterocycles. The van der Waals surface area contributed by atoms with E-state index < -0.39 is 0 Å². The van der Waals surface area contributed by atoms with Crippen molar-refractivity contribution >= 4 is 17.5 Å². The molecule has 2 aliphatic rings. The fraction of sp³-hybridized carbons (Fsp3) is 0.706. The van der Waals surface area contributed by atoms with Crippen molar-refractivity contribution in [3.05, 3.63) is 11.9 Å². The number of rotatable bonds is 6. The van der Waals surface area contributed by atoms with Crippen LogP contribution in [0, 0.1) is 0 Å². The summed E-state index contributed by atoms with van der Waals surface area (Å²) in [4.78, 5) is 25.6. The minimum absolute atomic E-state index is 0.160. The number of amides is 1. The van der Waals surface area contributed by atoms with Gasteiger partial charge in [0.2, 0.25) is 5.91 Å². The van der Waals surface area contributed by atoms with Crippen molar-refractivity contribution < 1.29 is 9.53 Å². The lowest BCUT2D eigenvalue weighted by atomic mass is 10.0. The van der Waals surface area contributed by atoms with Crippen molar-refractivity contribution in [2.75, 3.05) is 56.7 Å². The summed E-state index contributed by atoms with van der Waals surface area (Å²) in [5.74, 6) is 1.79. The second-order valence-corrected chi connectivity index (χ2v) is 6.51. The normalized spacial score (nSPS) is 18.9. The van der Waals surface area contributed by atoms with E-state index in [1.807, 2.05) is 23.8 Å². The Hall–Kier alpha value is -1.93. The Bertz CT molecular complexity index is 591. The predicted octanol–water partition coefficient (Wildman–Crippen LogP) is 0.455. The van der Waals surface area contributed by atoms with Crippen molar-refractivity contribution in [1.82, 2.24) is 20.2 Å². The van der Waals surface area contributed by atoms with Gasteiger partial charge in [-0.15, -0.1) is 0 Å². The van der Waals surface area contributed by atoms with Gasteiger partial charge in [0.05, 0.1) is 25.3 Å². The van der Waals surface area contributed by atoms with Crippen LogP contribution in [-0.4, -0.2) is 73.3 Å². The third-order valence-electron chi connectivity index (χ3n) is 4.80. The number of aromatic nitrogens is 2. The van der Waals surface area contributed by atoms with Gasteiger partial charge in [-0.3, -0.25) is 4.79 Å². The quantitative estimate of drug-likeness (QED) is 0.723. The first-order valence-corrected chi connectivity index (χ1v) is 9.07. The Morgan fingerprint density at radius 2 is 2.12 bits per heavy atom. The molecule has 8 nitrogen and oxygen atoms in total. The Morgan fingerprint density at radius 3 is 2.88 bits per heavy atom. The molecule has 0 atom stereocenters. The molecule has 3 rings (SSSR count). The fourth-order valence-electron chi connectivity index (χ4n) is 3.49. The molecule has 2 aliphatic heterocycles.